The number of nitriles is 1. The predicted octanol–water partition coefficient (Wildman–Crippen LogP) is 4.70. The molecule has 2 heterocycles. The molecule has 0 aliphatic heterocycles. The second kappa shape index (κ2) is 8.00. The molecule has 0 saturated heterocycles. The average molecular weight is 415 g/mol. The Bertz CT molecular complexity index is 940. The molecule has 2 aromatic heterocycles. The van der Waals surface area contributed by atoms with Gasteiger partial charge in [-0.3, -0.25) is 4.79 Å². The van der Waals surface area contributed by atoms with E-state index in [9.17, 15) is 10.1 Å². The Morgan fingerprint density at radius 2 is 1.96 bits per heavy atom. The van der Waals surface area contributed by atoms with Crippen molar-refractivity contribution >= 4 is 39.2 Å². The van der Waals surface area contributed by atoms with Gasteiger partial charge < -0.3 is 5.32 Å². The van der Waals surface area contributed by atoms with Crippen LogP contribution in [0, 0.1) is 18.3 Å². The summed E-state index contributed by atoms with van der Waals surface area (Å²) in [7, 11) is 0. The monoisotopic (exact) mass is 414 g/mol. The van der Waals surface area contributed by atoms with Crippen molar-refractivity contribution in [2.45, 2.75) is 87.4 Å². The molecule has 1 atom stereocenters. The molecule has 7 heteroatoms. The van der Waals surface area contributed by atoms with Crippen LogP contribution in [0.2, 0.25) is 0 Å². The van der Waals surface area contributed by atoms with Crippen molar-refractivity contribution in [2.24, 2.45) is 0 Å². The number of thiophene rings is 1. The summed E-state index contributed by atoms with van der Waals surface area (Å²) in [6.07, 6.45) is 9.30. The van der Waals surface area contributed by atoms with Crippen molar-refractivity contribution < 1.29 is 4.79 Å². The van der Waals surface area contributed by atoms with E-state index < -0.39 is 5.54 Å². The molecular formula is C21H26N4OS2. The van der Waals surface area contributed by atoms with E-state index in [1.54, 1.807) is 11.3 Å². The maximum absolute atomic E-state index is 12.9. The van der Waals surface area contributed by atoms with Gasteiger partial charge in [-0.15, -0.1) is 11.3 Å². The lowest BCUT2D eigenvalue weighted by Crippen LogP contribution is -2.50. The van der Waals surface area contributed by atoms with Gasteiger partial charge in [0.1, 0.15) is 21.2 Å². The summed E-state index contributed by atoms with van der Waals surface area (Å²) in [5, 5.41) is 14.5. The van der Waals surface area contributed by atoms with Crippen molar-refractivity contribution in [3.05, 3.63) is 16.3 Å². The Labute approximate surface area is 174 Å². The fourth-order valence-electron chi connectivity index (χ4n) is 4.29. The van der Waals surface area contributed by atoms with E-state index in [-0.39, 0.29) is 11.2 Å². The third kappa shape index (κ3) is 3.77. The summed E-state index contributed by atoms with van der Waals surface area (Å²) in [5.74, 6) is 0.684. The summed E-state index contributed by atoms with van der Waals surface area (Å²) in [4.78, 5) is 24.8. The Morgan fingerprint density at radius 1 is 1.21 bits per heavy atom. The lowest BCUT2D eigenvalue weighted by Gasteiger charge is -2.32. The van der Waals surface area contributed by atoms with E-state index >= 15 is 0 Å². The molecule has 148 valence electrons. The third-order valence-corrected chi connectivity index (χ3v) is 8.11. The quantitative estimate of drug-likeness (QED) is 0.579. The highest BCUT2D eigenvalue weighted by Crippen LogP contribution is 2.40. The summed E-state index contributed by atoms with van der Waals surface area (Å²) in [6, 6.07) is 2.38. The average Bonchev–Trinajstić information content (AvgIpc) is 3.06. The van der Waals surface area contributed by atoms with Gasteiger partial charge in [0.05, 0.1) is 11.3 Å². The van der Waals surface area contributed by atoms with Crippen molar-refractivity contribution in [2.75, 3.05) is 0 Å². The van der Waals surface area contributed by atoms with E-state index in [0.717, 1.165) is 66.0 Å². The van der Waals surface area contributed by atoms with E-state index in [0.29, 0.717) is 0 Å². The zero-order chi connectivity index (χ0) is 19.7. The van der Waals surface area contributed by atoms with Crippen LogP contribution in [0.25, 0.3) is 10.2 Å². The smallest absolute Gasteiger partial charge is 0.234 e. The molecule has 5 nitrogen and oxygen atoms in total. The number of carbonyl (C=O) groups is 1. The summed E-state index contributed by atoms with van der Waals surface area (Å²) in [5.41, 5.74) is 0.699. The molecule has 4 rings (SSSR count). The number of hydrogen-bond donors (Lipinski definition) is 1. The maximum atomic E-state index is 12.9. The second-order valence-corrected chi connectivity index (χ2v) is 10.4. The van der Waals surface area contributed by atoms with E-state index in [2.05, 4.69) is 16.4 Å². The minimum Gasteiger partial charge on any atom is -0.337 e. The Balaban J connectivity index is 1.58. The van der Waals surface area contributed by atoms with Crippen LogP contribution in [0.15, 0.2) is 5.03 Å². The molecule has 28 heavy (non-hydrogen) atoms. The van der Waals surface area contributed by atoms with Crippen molar-refractivity contribution in [3.63, 3.8) is 0 Å². The van der Waals surface area contributed by atoms with Gasteiger partial charge in [0.25, 0.3) is 0 Å². The van der Waals surface area contributed by atoms with Crippen molar-refractivity contribution in [1.82, 2.24) is 15.3 Å². The second-order valence-electron chi connectivity index (χ2n) is 7.97. The minimum absolute atomic E-state index is 0.0676. The fraction of sp³-hybridized carbons (Fsp3) is 0.619. The molecule has 1 N–H and O–H groups in total. The van der Waals surface area contributed by atoms with Crippen LogP contribution < -0.4 is 5.32 Å². The number of hydrogen-bond acceptors (Lipinski definition) is 6. The largest absolute Gasteiger partial charge is 0.337 e. The highest BCUT2D eigenvalue weighted by molar-refractivity contribution is 8.00. The molecule has 0 radical (unpaired) electrons. The van der Waals surface area contributed by atoms with Crippen molar-refractivity contribution in [3.8, 4) is 6.07 Å². The number of aromatic nitrogens is 2. The van der Waals surface area contributed by atoms with E-state index in [4.69, 9.17) is 4.98 Å². The first-order valence-electron chi connectivity index (χ1n) is 10.2. The van der Waals surface area contributed by atoms with Crippen LogP contribution in [-0.2, 0) is 17.6 Å². The molecular weight excluding hydrogens is 388 g/mol. The molecule has 0 aromatic carbocycles. The van der Waals surface area contributed by atoms with Gasteiger partial charge in [-0.1, -0.05) is 31.0 Å². The number of amides is 1. The van der Waals surface area contributed by atoms with Crippen LogP contribution in [0.1, 0.15) is 68.1 Å². The highest BCUT2D eigenvalue weighted by Gasteiger charge is 2.35. The first-order valence-corrected chi connectivity index (χ1v) is 11.9. The van der Waals surface area contributed by atoms with Crippen LogP contribution in [0.3, 0.4) is 0 Å². The van der Waals surface area contributed by atoms with Gasteiger partial charge in [-0.25, -0.2) is 9.97 Å². The van der Waals surface area contributed by atoms with Gasteiger partial charge in [0, 0.05) is 10.3 Å². The van der Waals surface area contributed by atoms with Crippen molar-refractivity contribution in [1.29, 1.82) is 5.26 Å². The van der Waals surface area contributed by atoms with Gasteiger partial charge in [0.2, 0.25) is 5.91 Å². The minimum atomic E-state index is -0.692. The fourth-order valence-corrected chi connectivity index (χ4v) is 6.68. The zero-order valence-electron chi connectivity index (χ0n) is 16.5. The van der Waals surface area contributed by atoms with Crippen LogP contribution in [0.4, 0.5) is 0 Å². The molecule has 1 amide bonds. The normalized spacial score (nSPS) is 19.6. The van der Waals surface area contributed by atoms with Gasteiger partial charge in [-0.05, 0) is 57.9 Å². The Hall–Kier alpha value is -1.65. The number of nitrogens with zero attached hydrogens (tertiary/aromatic N) is 3. The Kier molecular flexibility index (Phi) is 5.62. The first kappa shape index (κ1) is 19.7. The predicted molar refractivity (Wildman–Crippen MR) is 114 cm³/mol. The number of nitrogens with one attached hydrogen (secondary N) is 1. The maximum Gasteiger partial charge on any atom is 0.234 e. The van der Waals surface area contributed by atoms with Crippen LogP contribution in [-0.4, -0.2) is 26.7 Å². The number of rotatable bonds is 4. The molecule has 0 unspecified atom stereocenters. The third-order valence-electron chi connectivity index (χ3n) is 5.83. The Morgan fingerprint density at radius 3 is 2.71 bits per heavy atom. The lowest BCUT2D eigenvalue weighted by molar-refractivity contribution is -0.121. The zero-order valence-corrected chi connectivity index (χ0v) is 18.1. The molecule has 1 saturated carbocycles. The van der Waals surface area contributed by atoms with Gasteiger partial charge in [-0.2, -0.15) is 5.26 Å². The lowest BCUT2D eigenvalue weighted by atomic mass is 9.83. The standard InChI is InChI=1S/C21H26N4OS2/c1-13(18(26)25-21(12-22)10-6-3-7-11-21)27-19-17-15-8-4-5-9-16(15)28-20(17)24-14(2)23-19/h13H,3-11H2,1-2H3,(H,25,26)/t13-/m1/s1. The number of thioether (sulfide) groups is 1. The summed E-state index contributed by atoms with van der Waals surface area (Å²) < 4.78 is 0. The van der Waals surface area contributed by atoms with Crippen LogP contribution >= 0.6 is 23.1 Å². The number of aryl methyl sites for hydroxylation is 3. The highest BCUT2D eigenvalue weighted by atomic mass is 32.2. The number of carbonyl (C=O) groups excluding carboxylic acids is 1. The topological polar surface area (TPSA) is 78.7 Å². The van der Waals surface area contributed by atoms with E-state index in [1.807, 2.05) is 13.8 Å². The molecule has 2 aliphatic rings. The molecule has 0 bridgehead atoms. The SMILES string of the molecule is Cc1nc(S[C@H](C)C(=O)NC2(C#N)CCCCC2)c2c3c(sc2n1)CCCC3. The molecule has 2 aliphatic carbocycles. The van der Waals surface area contributed by atoms with Gasteiger partial charge in [0.15, 0.2) is 0 Å². The molecule has 0 spiro atoms. The summed E-state index contributed by atoms with van der Waals surface area (Å²) in [6.45, 7) is 3.83. The molecule has 1 fully saturated rings. The first-order chi connectivity index (χ1) is 13.5. The number of fused-ring (bicyclic) bond motifs is 3. The van der Waals surface area contributed by atoms with Gasteiger partial charge >= 0.3 is 0 Å². The molecule has 2 aromatic rings. The van der Waals surface area contributed by atoms with E-state index in [1.165, 1.54) is 35.0 Å². The summed E-state index contributed by atoms with van der Waals surface area (Å²) >= 11 is 3.29. The van der Waals surface area contributed by atoms with Crippen LogP contribution in [0.5, 0.6) is 0 Å².